The number of rotatable bonds is 4. The molecule has 0 spiro atoms. The van der Waals surface area contributed by atoms with Gasteiger partial charge in [-0.1, -0.05) is 6.07 Å². The van der Waals surface area contributed by atoms with Gasteiger partial charge in [0.15, 0.2) is 17.7 Å². The molecule has 2 aromatic rings. The molecule has 6 rings (SSSR count). The zero-order chi connectivity index (χ0) is 23.0. The van der Waals surface area contributed by atoms with E-state index < -0.39 is 29.2 Å². The van der Waals surface area contributed by atoms with Crippen LogP contribution in [0.2, 0.25) is 0 Å². The van der Waals surface area contributed by atoms with Gasteiger partial charge >= 0.3 is 0 Å². The molecule has 5 unspecified atom stereocenters. The van der Waals surface area contributed by atoms with Crippen molar-refractivity contribution in [1.29, 1.82) is 0 Å². The SMILES string of the molecule is COc1c2n(cc(C(=O)NCc3ccc(F)cc3F)c1=O)CC1OC3CC(C4CC34)N1C2=O. The summed E-state index contributed by atoms with van der Waals surface area (Å²) in [6.07, 6.45) is 2.88. The monoisotopic (exact) mass is 457 g/mol. The van der Waals surface area contributed by atoms with E-state index in [0.29, 0.717) is 11.8 Å². The van der Waals surface area contributed by atoms with Crippen LogP contribution in [-0.4, -0.2) is 46.8 Å². The van der Waals surface area contributed by atoms with Crippen LogP contribution in [-0.2, 0) is 17.8 Å². The van der Waals surface area contributed by atoms with Gasteiger partial charge in [-0.2, -0.15) is 0 Å². The van der Waals surface area contributed by atoms with Crippen molar-refractivity contribution < 1.29 is 27.8 Å². The van der Waals surface area contributed by atoms with Gasteiger partial charge in [0, 0.05) is 30.4 Å². The predicted molar refractivity (Wildman–Crippen MR) is 110 cm³/mol. The quantitative estimate of drug-likeness (QED) is 0.754. The Labute approximate surface area is 187 Å². The lowest BCUT2D eigenvalue weighted by Crippen LogP contribution is -2.58. The first-order valence-corrected chi connectivity index (χ1v) is 10.9. The van der Waals surface area contributed by atoms with Crippen molar-refractivity contribution in [2.24, 2.45) is 11.8 Å². The Morgan fingerprint density at radius 1 is 1.24 bits per heavy atom. The zero-order valence-corrected chi connectivity index (χ0v) is 17.7. The number of halogens is 2. The maximum Gasteiger partial charge on any atom is 0.276 e. The number of aromatic nitrogens is 1. The van der Waals surface area contributed by atoms with E-state index in [0.717, 1.165) is 25.0 Å². The van der Waals surface area contributed by atoms with Gasteiger partial charge in [-0.3, -0.25) is 14.4 Å². The predicted octanol–water partition coefficient (Wildman–Crippen LogP) is 1.65. The Morgan fingerprint density at radius 2 is 2.06 bits per heavy atom. The topological polar surface area (TPSA) is 89.9 Å². The van der Waals surface area contributed by atoms with Crippen LogP contribution in [0.4, 0.5) is 8.78 Å². The molecular weight excluding hydrogens is 436 g/mol. The minimum atomic E-state index is -0.803. The second-order valence-corrected chi connectivity index (χ2v) is 9.03. The number of benzene rings is 1. The van der Waals surface area contributed by atoms with Crippen molar-refractivity contribution >= 4 is 11.8 Å². The zero-order valence-electron chi connectivity index (χ0n) is 17.7. The lowest BCUT2D eigenvalue weighted by atomic mass is 10.0. The average Bonchev–Trinajstić information content (AvgIpc) is 3.53. The number of nitrogens with one attached hydrogen (secondary N) is 1. The minimum absolute atomic E-state index is 0.0743. The fourth-order valence-corrected chi connectivity index (χ4v) is 5.64. The number of carbonyl (C=O) groups excluding carboxylic acids is 2. The minimum Gasteiger partial charge on any atom is -0.491 e. The van der Waals surface area contributed by atoms with Crippen LogP contribution in [0.1, 0.15) is 39.3 Å². The Kier molecular flexibility index (Phi) is 4.39. The van der Waals surface area contributed by atoms with Gasteiger partial charge in [-0.05, 0) is 30.7 Å². The number of pyridine rings is 1. The molecule has 1 saturated heterocycles. The Hall–Kier alpha value is -3.27. The molecule has 3 fully saturated rings. The van der Waals surface area contributed by atoms with Gasteiger partial charge in [-0.25, -0.2) is 8.78 Å². The fraction of sp³-hybridized carbons (Fsp3) is 0.435. The molecule has 8 nitrogen and oxygen atoms in total. The van der Waals surface area contributed by atoms with Crippen LogP contribution in [0.3, 0.4) is 0 Å². The summed E-state index contributed by atoms with van der Waals surface area (Å²) in [5.74, 6) is -1.88. The Morgan fingerprint density at radius 3 is 2.82 bits per heavy atom. The van der Waals surface area contributed by atoms with Crippen molar-refractivity contribution in [3.8, 4) is 5.75 Å². The van der Waals surface area contributed by atoms with Gasteiger partial charge in [0.1, 0.15) is 17.2 Å². The summed E-state index contributed by atoms with van der Waals surface area (Å²) in [5.41, 5.74) is -0.781. The highest BCUT2D eigenvalue weighted by atomic mass is 19.1. The smallest absolute Gasteiger partial charge is 0.276 e. The number of carbonyl (C=O) groups is 2. The highest BCUT2D eigenvalue weighted by molar-refractivity contribution is 5.99. The number of hydrogen-bond acceptors (Lipinski definition) is 5. The van der Waals surface area contributed by atoms with Gasteiger partial charge < -0.3 is 24.3 Å². The molecule has 2 bridgehead atoms. The molecule has 0 radical (unpaired) electrons. The normalized spacial score (nSPS) is 28.6. The van der Waals surface area contributed by atoms with Crippen molar-refractivity contribution in [3.63, 3.8) is 0 Å². The third kappa shape index (κ3) is 3.00. The maximum absolute atomic E-state index is 13.9. The van der Waals surface area contributed by atoms with E-state index in [1.807, 2.05) is 0 Å². The van der Waals surface area contributed by atoms with Crippen molar-refractivity contribution in [1.82, 2.24) is 14.8 Å². The average molecular weight is 457 g/mol. The number of methoxy groups -OCH3 is 1. The molecule has 5 atom stereocenters. The maximum atomic E-state index is 13.9. The summed E-state index contributed by atoms with van der Waals surface area (Å²) in [4.78, 5) is 41.0. The van der Waals surface area contributed by atoms with Crippen LogP contribution in [0.25, 0.3) is 0 Å². The Balaban J connectivity index is 1.32. The second-order valence-electron chi connectivity index (χ2n) is 9.03. The summed E-state index contributed by atoms with van der Waals surface area (Å²) >= 11 is 0. The molecule has 10 heteroatoms. The van der Waals surface area contributed by atoms with Gasteiger partial charge in [-0.15, -0.1) is 0 Å². The number of amides is 2. The summed E-state index contributed by atoms with van der Waals surface area (Å²) < 4.78 is 40.0. The lowest BCUT2D eigenvalue weighted by Gasteiger charge is -2.45. The highest BCUT2D eigenvalue weighted by Crippen LogP contribution is 2.58. The van der Waals surface area contributed by atoms with E-state index in [4.69, 9.17) is 9.47 Å². The first-order chi connectivity index (χ1) is 15.9. The molecule has 1 aromatic heterocycles. The number of ether oxygens (including phenoxy) is 2. The van der Waals surface area contributed by atoms with Crippen LogP contribution in [0.5, 0.6) is 5.75 Å². The van der Waals surface area contributed by atoms with Gasteiger partial charge in [0.2, 0.25) is 5.43 Å². The number of fused-ring (bicyclic) bond motifs is 8. The van der Waals surface area contributed by atoms with Crippen molar-refractivity contribution in [2.75, 3.05) is 7.11 Å². The second kappa shape index (κ2) is 7.11. The van der Waals surface area contributed by atoms with Crippen LogP contribution in [0, 0.1) is 23.5 Å². The van der Waals surface area contributed by atoms with E-state index >= 15 is 0 Å². The number of nitrogens with zero attached hydrogens (tertiary/aromatic N) is 2. The third-order valence-electron chi connectivity index (χ3n) is 7.27. The van der Waals surface area contributed by atoms with E-state index in [1.54, 1.807) is 4.90 Å². The molecule has 3 heterocycles. The molecule has 2 saturated carbocycles. The van der Waals surface area contributed by atoms with Crippen molar-refractivity contribution in [2.45, 2.75) is 44.3 Å². The molecule has 4 aliphatic rings. The molecule has 33 heavy (non-hydrogen) atoms. The first kappa shape index (κ1) is 20.3. The van der Waals surface area contributed by atoms with Gasteiger partial charge in [0.25, 0.3) is 11.8 Å². The van der Waals surface area contributed by atoms with E-state index in [9.17, 15) is 23.2 Å². The standard InChI is InChI=1S/C23H21F2N3O5/c1-32-21-19-23(31)28-16-6-17(13-5-12(13)16)33-18(28)9-27(19)8-14(20(21)29)22(30)26-7-10-2-3-11(24)4-15(10)25/h2-4,8,12-13,16-18H,5-7,9H2,1H3,(H,26,30). The summed E-state index contributed by atoms with van der Waals surface area (Å²) in [7, 11) is 1.28. The summed E-state index contributed by atoms with van der Waals surface area (Å²) in [6, 6.07) is 3.13. The van der Waals surface area contributed by atoms with E-state index in [-0.39, 0.29) is 53.7 Å². The van der Waals surface area contributed by atoms with E-state index in [1.165, 1.54) is 23.9 Å². The molecule has 1 N–H and O–H groups in total. The summed E-state index contributed by atoms with van der Waals surface area (Å²) in [5, 5.41) is 2.48. The largest absolute Gasteiger partial charge is 0.491 e. The lowest BCUT2D eigenvalue weighted by molar-refractivity contribution is -0.144. The van der Waals surface area contributed by atoms with Crippen LogP contribution in [0.15, 0.2) is 29.2 Å². The number of hydrogen-bond donors (Lipinski definition) is 1. The highest BCUT2D eigenvalue weighted by Gasteiger charge is 2.63. The van der Waals surface area contributed by atoms with E-state index in [2.05, 4.69) is 5.32 Å². The third-order valence-corrected chi connectivity index (χ3v) is 7.27. The van der Waals surface area contributed by atoms with Crippen LogP contribution >= 0.6 is 0 Å². The molecule has 172 valence electrons. The van der Waals surface area contributed by atoms with Crippen molar-refractivity contribution in [3.05, 3.63) is 63.1 Å². The Bertz CT molecular complexity index is 1260. The molecule has 2 amide bonds. The molecule has 1 aromatic carbocycles. The fourth-order valence-electron chi connectivity index (χ4n) is 5.64. The molecular formula is C23H21F2N3O5. The first-order valence-electron chi connectivity index (χ1n) is 10.9. The van der Waals surface area contributed by atoms with Crippen LogP contribution < -0.4 is 15.5 Å². The summed E-state index contributed by atoms with van der Waals surface area (Å²) in [6.45, 7) is 0.0378. The molecule has 2 aliphatic carbocycles. The molecule has 2 aliphatic heterocycles. The van der Waals surface area contributed by atoms with Gasteiger partial charge in [0.05, 0.1) is 19.8 Å².